The average Bonchev–Trinajstić information content (AvgIpc) is 3.68. The number of ether oxygens (including phenoxy) is 3. The lowest BCUT2D eigenvalue weighted by molar-refractivity contribution is -0.141. The number of hydrogen-bond donors (Lipinski definition) is 2. The molecular formula is C27H25N3O10S4. The number of fused-ring (bicyclic) bond motifs is 2. The van der Waals surface area contributed by atoms with Crippen molar-refractivity contribution in [1.82, 2.24) is 9.47 Å². The summed E-state index contributed by atoms with van der Waals surface area (Å²) in [4.78, 5) is 66.1. The molecule has 0 unspecified atom stereocenters. The molecule has 2 aromatic rings. The van der Waals surface area contributed by atoms with Crippen molar-refractivity contribution in [2.24, 2.45) is 5.92 Å². The standard InChI is InChI=1S/C27H25N3O10S4/c1-4-38-21(35)10-28-14-6-15-16(40-11-39-15)7-17(14)42-18(28)5-13(12(2)3)22-24(36)29(8-19(31)32)26(43-22)23-25(37)30(9-20(33)34)27(41)44-23/h5-7,12H,4,8-11H2,1-3H3,(H,31,32)(H,33,34)/b18-5-,22-13-,26-23-. The van der Waals surface area contributed by atoms with Crippen molar-refractivity contribution in [2.75, 3.05) is 31.4 Å². The number of carboxylic acids is 2. The van der Waals surface area contributed by atoms with E-state index in [1.807, 2.05) is 19.9 Å². The molecule has 0 aliphatic carbocycles. The van der Waals surface area contributed by atoms with E-state index in [-0.39, 0.29) is 44.3 Å². The number of anilines is 1. The van der Waals surface area contributed by atoms with Crippen LogP contribution in [0.25, 0.3) is 10.5 Å². The fourth-order valence-electron chi connectivity index (χ4n) is 4.56. The monoisotopic (exact) mass is 679 g/mol. The third-order valence-electron chi connectivity index (χ3n) is 6.49. The smallest absolute Gasteiger partial charge is 0.325 e. The molecule has 232 valence electrons. The lowest BCUT2D eigenvalue weighted by Gasteiger charge is -2.20. The molecule has 3 aliphatic rings. The summed E-state index contributed by atoms with van der Waals surface area (Å²) in [6, 6.07) is 3.58. The Morgan fingerprint density at radius 2 is 1.73 bits per heavy atom. The van der Waals surface area contributed by atoms with Crippen molar-refractivity contribution in [3.63, 3.8) is 0 Å². The van der Waals surface area contributed by atoms with Gasteiger partial charge in [-0.3, -0.25) is 33.4 Å². The molecule has 1 fully saturated rings. The van der Waals surface area contributed by atoms with Crippen LogP contribution in [-0.2, 0) is 30.5 Å². The molecule has 1 amide bonds. The van der Waals surface area contributed by atoms with Crippen LogP contribution in [0.3, 0.4) is 0 Å². The summed E-state index contributed by atoms with van der Waals surface area (Å²) in [5.74, 6) is -2.93. The van der Waals surface area contributed by atoms with E-state index < -0.39 is 42.5 Å². The number of aliphatic carboxylic acids is 2. The second kappa shape index (κ2) is 12.7. The highest BCUT2D eigenvalue weighted by Crippen LogP contribution is 2.51. The van der Waals surface area contributed by atoms with Crippen LogP contribution in [0.1, 0.15) is 20.8 Å². The molecule has 17 heteroatoms. The maximum Gasteiger partial charge on any atom is 0.325 e. The number of thiazole rings is 1. The number of benzene rings is 1. The molecule has 44 heavy (non-hydrogen) atoms. The SMILES string of the molecule is CCOC(=O)CN1/C(=C/C(=c2/s/c(=C3\SC(=S)N(CC(=O)O)C3=O)n(CC(=O)O)c2=O)C(C)C)Sc2cc3c(cc21)OCO3. The lowest BCUT2D eigenvalue weighted by Crippen LogP contribution is -2.37. The van der Waals surface area contributed by atoms with Gasteiger partial charge < -0.3 is 29.3 Å². The summed E-state index contributed by atoms with van der Waals surface area (Å²) in [6.45, 7) is 4.19. The van der Waals surface area contributed by atoms with Gasteiger partial charge in [0, 0.05) is 17.0 Å². The van der Waals surface area contributed by atoms with Crippen LogP contribution in [0.5, 0.6) is 11.5 Å². The number of hydrogen-bond acceptors (Lipinski definition) is 13. The van der Waals surface area contributed by atoms with Gasteiger partial charge in [0.2, 0.25) is 6.79 Å². The third-order valence-corrected chi connectivity index (χ3v) is 10.4. The molecule has 4 heterocycles. The molecule has 1 saturated heterocycles. The Labute approximate surface area is 267 Å². The van der Waals surface area contributed by atoms with Gasteiger partial charge in [-0.2, -0.15) is 0 Å². The van der Waals surface area contributed by atoms with Gasteiger partial charge in [-0.1, -0.05) is 49.6 Å². The molecule has 13 nitrogen and oxygen atoms in total. The Morgan fingerprint density at radius 1 is 1.05 bits per heavy atom. The van der Waals surface area contributed by atoms with Crippen LogP contribution in [0.15, 0.2) is 32.9 Å². The minimum Gasteiger partial charge on any atom is -0.480 e. The normalized spacial score (nSPS) is 18.4. The highest BCUT2D eigenvalue weighted by atomic mass is 32.2. The van der Waals surface area contributed by atoms with E-state index in [1.54, 1.807) is 24.0 Å². The Kier molecular flexibility index (Phi) is 9.10. The van der Waals surface area contributed by atoms with Crippen molar-refractivity contribution >= 4 is 91.4 Å². The van der Waals surface area contributed by atoms with E-state index in [1.165, 1.54) is 11.8 Å². The first kappa shape index (κ1) is 31.6. The first-order chi connectivity index (χ1) is 20.9. The quantitative estimate of drug-likeness (QED) is 0.290. The minimum absolute atomic E-state index is 0.0126. The summed E-state index contributed by atoms with van der Waals surface area (Å²) >= 11 is 8.31. The number of thiocarbonyl (C=S) groups is 1. The summed E-state index contributed by atoms with van der Waals surface area (Å²) in [5.41, 5.74) is 0.595. The van der Waals surface area contributed by atoms with Gasteiger partial charge >= 0.3 is 17.9 Å². The van der Waals surface area contributed by atoms with Gasteiger partial charge in [-0.25, -0.2) is 0 Å². The highest BCUT2D eigenvalue weighted by molar-refractivity contribution is 8.30. The zero-order chi connectivity index (χ0) is 31.9. The number of rotatable bonds is 9. The van der Waals surface area contributed by atoms with Gasteiger partial charge in [-0.15, -0.1) is 11.3 Å². The van der Waals surface area contributed by atoms with Gasteiger partial charge in [0.25, 0.3) is 11.5 Å². The number of carbonyl (C=O) groups is 4. The van der Waals surface area contributed by atoms with Crippen molar-refractivity contribution in [1.29, 1.82) is 0 Å². The molecule has 0 radical (unpaired) electrons. The summed E-state index contributed by atoms with van der Waals surface area (Å²) in [6.07, 6.45) is 1.76. The van der Waals surface area contributed by atoms with Crippen molar-refractivity contribution in [3.05, 3.63) is 42.8 Å². The lowest BCUT2D eigenvalue weighted by atomic mass is 10.0. The van der Waals surface area contributed by atoms with Crippen LogP contribution in [0.2, 0.25) is 0 Å². The predicted molar refractivity (Wildman–Crippen MR) is 167 cm³/mol. The third kappa shape index (κ3) is 6.09. The van der Waals surface area contributed by atoms with Gasteiger partial charge in [0.05, 0.1) is 21.9 Å². The van der Waals surface area contributed by atoms with Crippen LogP contribution in [0, 0.1) is 5.92 Å². The van der Waals surface area contributed by atoms with Crippen LogP contribution in [-0.4, -0.2) is 74.3 Å². The average molecular weight is 680 g/mol. The fourth-order valence-corrected chi connectivity index (χ4v) is 8.40. The second-order valence-electron chi connectivity index (χ2n) is 9.76. The number of aromatic nitrogens is 1. The Bertz CT molecular complexity index is 1830. The summed E-state index contributed by atoms with van der Waals surface area (Å²) in [5, 5.41) is 19.4. The molecule has 1 aromatic heterocycles. The van der Waals surface area contributed by atoms with E-state index in [9.17, 15) is 34.2 Å². The maximum atomic E-state index is 13.8. The molecule has 0 spiro atoms. The number of carbonyl (C=O) groups excluding carboxylic acids is 2. The molecule has 1 aromatic carbocycles. The summed E-state index contributed by atoms with van der Waals surface area (Å²) in [7, 11) is 0. The number of amides is 1. The first-order valence-corrected chi connectivity index (χ1v) is 16.0. The minimum atomic E-state index is -1.30. The fraction of sp³-hybridized carbons (Fsp3) is 0.333. The molecule has 0 atom stereocenters. The van der Waals surface area contributed by atoms with E-state index in [2.05, 4.69) is 0 Å². The largest absolute Gasteiger partial charge is 0.480 e. The Morgan fingerprint density at radius 3 is 2.36 bits per heavy atom. The number of esters is 1. The molecule has 0 bridgehead atoms. The van der Waals surface area contributed by atoms with Crippen LogP contribution in [0.4, 0.5) is 5.69 Å². The van der Waals surface area contributed by atoms with E-state index in [4.69, 9.17) is 26.4 Å². The van der Waals surface area contributed by atoms with Gasteiger partial charge in [0.15, 0.2) is 11.5 Å². The molecule has 3 aliphatic heterocycles. The number of nitrogens with zero attached hydrogens (tertiary/aromatic N) is 3. The topological polar surface area (TPSA) is 165 Å². The molecule has 2 N–H and O–H groups in total. The Hall–Kier alpha value is -3.80. The van der Waals surface area contributed by atoms with Crippen molar-refractivity contribution in [2.45, 2.75) is 32.2 Å². The van der Waals surface area contributed by atoms with Crippen molar-refractivity contribution < 1.29 is 43.6 Å². The number of allylic oxidation sites excluding steroid dienone is 1. The van der Waals surface area contributed by atoms with Crippen LogP contribution < -0.4 is 29.1 Å². The van der Waals surface area contributed by atoms with Crippen molar-refractivity contribution in [3.8, 4) is 11.5 Å². The van der Waals surface area contributed by atoms with Gasteiger partial charge in [0.1, 0.15) is 33.5 Å². The molecule has 5 rings (SSSR count). The van der Waals surface area contributed by atoms with Crippen LogP contribution >= 0.6 is 47.1 Å². The number of carboxylic acid groups (broad SMARTS) is 2. The number of thioether (sulfide) groups is 2. The predicted octanol–water partition coefficient (Wildman–Crippen LogP) is 1.60. The zero-order valence-corrected chi connectivity index (χ0v) is 26.7. The molecular weight excluding hydrogens is 655 g/mol. The Balaban J connectivity index is 1.71. The van der Waals surface area contributed by atoms with E-state index in [0.29, 0.717) is 27.8 Å². The van der Waals surface area contributed by atoms with Gasteiger partial charge in [-0.05, 0) is 24.5 Å². The zero-order valence-electron chi connectivity index (χ0n) is 23.5. The van der Waals surface area contributed by atoms with E-state index >= 15 is 0 Å². The second-order valence-corrected chi connectivity index (χ2v) is 13.5. The maximum absolute atomic E-state index is 13.8. The van der Waals surface area contributed by atoms with E-state index in [0.717, 1.165) is 37.5 Å². The highest BCUT2D eigenvalue weighted by Gasteiger charge is 2.36. The first-order valence-electron chi connectivity index (χ1n) is 13.1. The summed E-state index contributed by atoms with van der Waals surface area (Å²) < 4.78 is 17.5. The molecule has 0 saturated carbocycles.